The number of ether oxygens (including phenoxy) is 3. The van der Waals surface area contributed by atoms with E-state index in [9.17, 15) is 4.79 Å². The van der Waals surface area contributed by atoms with Gasteiger partial charge in [-0.2, -0.15) is 0 Å². The molecule has 1 aromatic rings. The molecule has 0 aliphatic heterocycles. The maximum absolute atomic E-state index is 10.4. The van der Waals surface area contributed by atoms with E-state index in [4.69, 9.17) is 15.2 Å². The number of benzene rings is 1. The third-order valence-electron chi connectivity index (χ3n) is 2.34. The van der Waals surface area contributed by atoms with Crippen molar-refractivity contribution in [3.63, 3.8) is 0 Å². The van der Waals surface area contributed by atoms with Crippen molar-refractivity contribution < 1.29 is 19.0 Å². The molecule has 100 valence electrons. The van der Waals surface area contributed by atoms with Crippen LogP contribution in [0.15, 0.2) is 24.3 Å². The van der Waals surface area contributed by atoms with E-state index >= 15 is 0 Å². The first-order valence-electron chi connectivity index (χ1n) is 5.74. The average Bonchev–Trinajstić information content (AvgIpc) is 2.37. The highest BCUT2D eigenvalue weighted by molar-refractivity contribution is 5.64. The zero-order chi connectivity index (χ0) is 13.4. The fourth-order valence-electron chi connectivity index (χ4n) is 1.37. The Labute approximate surface area is 107 Å². The number of primary amides is 1. The quantitative estimate of drug-likeness (QED) is 0.806. The standard InChI is InChI=1S/C13H19NO4/c1-10(8-18-13(14)15)7-17-9-11-3-5-12(16-2)6-4-11/h3-6,10H,7-9H2,1-2H3,(H2,14,15)/t10-/m0/s1. The van der Waals surface area contributed by atoms with E-state index in [1.807, 2.05) is 31.2 Å². The molecule has 1 rings (SSSR count). The van der Waals surface area contributed by atoms with Gasteiger partial charge < -0.3 is 19.9 Å². The zero-order valence-electron chi connectivity index (χ0n) is 10.7. The summed E-state index contributed by atoms with van der Waals surface area (Å²) >= 11 is 0. The Hall–Kier alpha value is -1.75. The number of hydrogen-bond acceptors (Lipinski definition) is 4. The average molecular weight is 253 g/mol. The lowest BCUT2D eigenvalue weighted by Gasteiger charge is -2.11. The van der Waals surface area contributed by atoms with Crippen molar-refractivity contribution in [2.75, 3.05) is 20.3 Å². The number of amides is 1. The summed E-state index contributed by atoms with van der Waals surface area (Å²) in [6, 6.07) is 7.67. The van der Waals surface area contributed by atoms with Crippen LogP contribution in [0.4, 0.5) is 4.79 Å². The minimum atomic E-state index is -0.753. The Balaban J connectivity index is 2.22. The molecule has 0 radical (unpaired) electrons. The van der Waals surface area contributed by atoms with Crippen molar-refractivity contribution in [1.29, 1.82) is 0 Å². The molecular formula is C13H19NO4. The van der Waals surface area contributed by atoms with Crippen molar-refractivity contribution in [3.05, 3.63) is 29.8 Å². The van der Waals surface area contributed by atoms with Crippen LogP contribution < -0.4 is 10.5 Å². The number of carbonyl (C=O) groups is 1. The number of rotatable bonds is 7. The van der Waals surface area contributed by atoms with Crippen LogP contribution in [-0.2, 0) is 16.1 Å². The minimum Gasteiger partial charge on any atom is -0.497 e. The van der Waals surface area contributed by atoms with Crippen molar-refractivity contribution >= 4 is 6.09 Å². The molecule has 0 unspecified atom stereocenters. The Morgan fingerprint density at radius 1 is 1.28 bits per heavy atom. The van der Waals surface area contributed by atoms with E-state index in [2.05, 4.69) is 4.74 Å². The lowest BCUT2D eigenvalue weighted by Crippen LogP contribution is -2.20. The Kier molecular flexibility index (Phi) is 6.00. The molecule has 0 aromatic heterocycles. The highest BCUT2D eigenvalue weighted by Crippen LogP contribution is 2.12. The predicted molar refractivity (Wildman–Crippen MR) is 67.3 cm³/mol. The number of nitrogens with two attached hydrogens (primary N) is 1. The van der Waals surface area contributed by atoms with Crippen LogP contribution in [0.1, 0.15) is 12.5 Å². The number of carbonyl (C=O) groups excluding carboxylic acids is 1. The molecular weight excluding hydrogens is 234 g/mol. The molecule has 5 nitrogen and oxygen atoms in total. The SMILES string of the molecule is COc1ccc(COC[C@H](C)COC(N)=O)cc1. The fourth-order valence-corrected chi connectivity index (χ4v) is 1.37. The number of hydrogen-bond donors (Lipinski definition) is 1. The summed E-state index contributed by atoms with van der Waals surface area (Å²) < 4.78 is 15.3. The van der Waals surface area contributed by atoms with E-state index in [0.29, 0.717) is 13.2 Å². The summed E-state index contributed by atoms with van der Waals surface area (Å²) in [5.41, 5.74) is 5.94. The van der Waals surface area contributed by atoms with E-state index in [0.717, 1.165) is 11.3 Å². The fraction of sp³-hybridized carbons (Fsp3) is 0.462. The molecule has 0 aliphatic carbocycles. The van der Waals surface area contributed by atoms with Crippen molar-refractivity contribution in [3.8, 4) is 5.75 Å². The Morgan fingerprint density at radius 2 is 1.94 bits per heavy atom. The van der Waals surface area contributed by atoms with Gasteiger partial charge in [-0.1, -0.05) is 19.1 Å². The lowest BCUT2D eigenvalue weighted by atomic mass is 10.2. The van der Waals surface area contributed by atoms with Gasteiger partial charge in [-0.25, -0.2) is 4.79 Å². The molecule has 0 fully saturated rings. The second-order valence-corrected chi connectivity index (χ2v) is 4.10. The molecule has 0 spiro atoms. The second-order valence-electron chi connectivity index (χ2n) is 4.10. The van der Waals surface area contributed by atoms with Gasteiger partial charge >= 0.3 is 6.09 Å². The first-order chi connectivity index (χ1) is 8.61. The molecule has 18 heavy (non-hydrogen) atoms. The molecule has 1 amide bonds. The van der Waals surface area contributed by atoms with Gasteiger partial charge in [-0.3, -0.25) is 0 Å². The van der Waals surface area contributed by atoms with E-state index in [-0.39, 0.29) is 12.5 Å². The molecule has 0 aliphatic rings. The highest BCUT2D eigenvalue weighted by Gasteiger charge is 2.05. The van der Waals surface area contributed by atoms with Gasteiger partial charge in [0.05, 0.1) is 26.9 Å². The lowest BCUT2D eigenvalue weighted by molar-refractivity contribution is 0.0614. The van der Waals surface area contributed by atoms with Crippen LogP contribution in [0.5, 0.6) is 5.75 Å². The molecule has 1 atom stereocenters. The normalized spacial score (nSPS) is 11.9. The third-order valence-corrected chi connectivity index (χ3v) is 2.34. The van der Waals surface area contributed by atoms with Crippen LogP contribution in [0.2, 0.25) is 0 Å². The van der Waals surface area contributed by atoms with Gasteiger partial charge in [0.15, 0.2) is 0 Å². The van der Waals surface area contributed by atoms with Crippen LogP contribution in [0.3, 0.4) is 0 Å². The predicted octanol–water partition coefficient (Wildman–Crippen LogP) is 1.94. The molecule has 5 heteroatoms. The maximum Gasteiger partial charge on any atom is 0.404 e. The highest BCUT2D eigenvalue weighted by atomic mass is 16.5. The molecule has 0 heterocycles. The monoisotopic (exact) mass is 253 g/mol. The van der Waals surface area contributed by atoms with E-state index in [1.165, 1.54) is 0 Å². The molecule has 2 N–H and O–H groups in total. The van der Waals surface area contributed by atoms with Gasteiger partial charge in [0.1, 0.15) is 5.75 Å². The molecule has 0 saturated carbocycles. The summed E-state index contributed by atoms with van der Waals surface area (Å²) in [6.07, 6.45) is -0.753. The summed E-state index contributed by atoms with van der Waals surface area (Å²) in [6.45, 7) is 3.24. The van der Waals surface area contributed by atoms with Gasteiger partial charge in [0, 0.05) is 5.92 Å². The van der Waals surface area contributed by atoms with Crippen molar-refractivity contribution in [2.45, 2.75) is 13.5 Å². The van der Waals surface area contributed by atoms with Crippen LogP contribution in [0, 0.1) is 5.92 Å². The van der Waals surface area contributed by atoms with Gasteiger partial charge in [0.25, 0.3) is 0 Å². The summed E-state index contributed by atoms with van der Waals surface area (Å²) in [7, 11) is 1.63. The molecule has 1 aromatic carbocycles. The maximum atomic E-state index is 10.4. The van der Waals surface area contributed by atoms with Gasteiger partial charge in [-0.15, -0.1) is 0 Å². The summed E-state index contributed by atoms with van der Waals surface area (Å²) in [4.78, 5) is 10.4. The third kappa shape index (κ3) is 5.54. The molecule has 0 saturated heterocycles. The second kappa shape index (κ2) is 7.55. The van der Waals surface area contributed by atoms with E-state index in [1.54, 1.807) is 7.11 Å². The smallest absolute Gasteiger partial charge is 0.404 e. The summed E-state index contributed by atoms with van der Waals surface area (Å²) in [5, 5.41) is 0. The van der Waals surface area contributed by atoms with Crippen LogP contribution >= 0.6 is 0 Å². The summed E-state index contributed by atoms with van der Waals surface area (Å²) in [5.74, 6) is 0.942. The minimum absolute atomic E-state index is 0.121. The van der Waals surface area contributed by atoms with Crippen LogP contribution in [-0.4, -0.2) is 26.4 Å². The Morgan fingerprint density at radius 3 is 2.50 bits per heavy atom. The van der Waals surface area contributed by atoms with Gasteiger partial charge in [-0.05, 0) is 17.7 Å². The topological polar surface area (TPSA) is 70.8 Å². The van der Waals surface area contributed by atoms with Crippen LogP contribution in [0.25, 0.3) is 0 Å². The number of methoxy groups -OCH3 is 1. The molecule has 0 bridgehead atoms. The first-order valence-corrected chi connectivity index (χ1v) is 5.74. The zero-order valence-corrected chi connectivity index (χ0v) is 10.7. The first kappa shape index (κ1) is 14.3. The van der Waals surface area contributed by atoms with Crippen molar-refractivity contribution in [2.24, 2.45) is 11.7 Å². The van der Waals surface area contributed by atoms with Gasteiger partial charge in [0.2, 0.25) is 0 Å². The largest absolute Gasteiger partial charge is 0.497 e. The van der Waals surface area contributed by atoms with Crippen molar-refractivity contribution in [1.82, 2.24) is 0 Å². The van der Waals surface area contributed by atoms with E-state index < -0.39 is 6.09 Å². The Bertz CT molecular complexity index is 364.